The van der Waals surface area contributed by atoms with Crippen molar-refractivity contribution in [3.63, 3.8) is 0 Å². The Hall–Kier alpha value is -3.80. The Balaban J connectivity index is 1.46. The zero-order valence-corrected chi connectivity index (χ0v) is 17.0. The van der Waals surface area contributed by atoms with Crippen LogP contribution in [0.2, 0.25) is 0 Å². The van der Waals surface area contributed by atoms with Crippen LogP contribution in [0.4, 0.5) is 11.5 Å². The van der Waals surface area contributed by atoms with Crippen LogP contribution >= 0.6 is 0 Å². The van der Waals surface area contributed by atoms with Crippen LogP contribution in [0.25, 0.3) is 10.9 Å². The first-order valence-electron chi connectivity index (χ1n) is 9.67. The van der Waals surface area contributed by atoms with E-state index in [2.05, 4.69) is 27.4 Å². The van der Waals surface area contributed by atoms with Crippen molar-refractivity contribution in [3.05, 3.63) is 78.6 Å². The van der Waals surface area contributed by atoms with Gasteiger partial charge in [-0.2, -0.15) is 0 Å². The standard InChI is InChI=1S/C24H23N3O3/c1-28-22-14-20-21(15-23(22)29-2)25-16-26-24(20)27-18-8-10-19(11-9-18)30-13-12-17-6-4-3-5-7-17/h3-11,14-16H,12-13H2,1-2H3,(H,25,26,27). The Labute approximate surface area is 175 Å². The van der Waals surface area contributed by atoms with E-state index in [0.29, 0.717) is 23.9 Å². The molecule has 152 valence electrons. The summed E-state index contributed by atoms with van der Waals surface area (Å²) in [6, 6.07) is 21.8. The van der Waals surface area contributed by atoms with Crippen LogP contribution in [0.1, 0.15) is 5.56 Å². The summed E-state index contributed by atoms with van der Waals surface area (Å²) in [4.78, 5) is 8.72. The second-order valence-electron chi connectivity index (χ2n) is 6.68. The molecular weight excluding hydrogens is 378 g/mol. The number of ether oxygens (including phenoxy) is 3. The van der Waals surface area contributed by atoms with E-state index in [0.717, 1.165) is 28.8 Å². The van der Waals surface area contributed by atoms with E-state index >= 15 is 0 Å². The minimum Gasteiger partial charge on any atom is -0.493 e. The van der Waals surface area contributed by atoms with E-state index in [9.17, 15) is 0 Å². The number of benzene rings is 3. The molecule has 4 rings (SSSR count). The molecule has 30 heavy (non-hydrogen) atoms. The molecule has 1 heterocycles. The molecule has 0 aliphatic carbocycles. The summed E-state index contributed by atoms with van der Waals surface area (Å²) in [5, 5.41) is 4.19. The van der Waals surface area contributed by atoms with Crippen LogP contribution in [0.3, 0.4) is 0 Å². The molecule has 0 saturated carbocycles. The molecule has 0 atom stereocenters. The first-order chi connectivity index (χ1) is 14.8. The Bertz CT molecular complexity index is 1120. The van der Waals surface area contributed by atoms with Gasteiger partial charge in [-0.1, -0.05) is 30.3 Å². The van der Waals surface area contributed by atoms with E-state index in [1.807, 2.05) is 54.6 Å². The van der Waals surface area contributed by atoms with E-state index in [1.54, 1.807) is 14.2 Å². The van der Waals surface area contributed by atoms with Crippen molar-refractivity contribution < 1.29 is 14.2 Å². The molecule has 0 spiro atoms. The first kappa shape index (κ1) is 19.5. The third-order valence-electron chi connectivity index (χ3n) is 4.76. The Morgan fingerprint density at radius 1 is 0.833 bits per heavy atom. The van der Waals surface area contributed by atoms with Crippen molar-refractivity contribution in [2.75, 3.05) is 26.1 Å². The van der Waals surface area contributed by atoms with Crippen LogP contribution < -0.4 is 19.5 Å². The average molecular weight is 401 g/mol. The Morgan fingerprint density at radius 2 is 1.57 bits per heavy atom. The molecule has 0 radical (unpaired) electrons. The highest BCUT2D eigenvalue weighted by atomic mass is 16.5. The highest BCUT2D eigenvalue weighted by molar-refractivity contribution is 5.93. The van der Waals surface area contributed by atoms with Crippen LogP contribution in [0.5, 0.6) is 17.2 Å². The number of fused-ring (bicyclic) bond motifs is 1. The lowest BCUT2D eigenvalue weighted by Crippen LogP contribution is -2.01. The van der Waals surface area contributed by atoms with E-state index in [4.69, 9.17) is 14.2 Å². The number of nitrogens with zero attached hydrogens (tertiary/aromatic N) is 2. The summed E-state index contributed by atoms with van der Waals surface area (Å²) in [7, 11) is 3.21. The number of hydrogen-bond acceptors (Lipinski definition) is 6. The number of nitrogens with one attached hydrogen (secondary N) is 1. The van der Waals surface area contributed by atoms with Crippen molar-refractivity contribution in [3.8, 4) is 17.2 Å². The van der Waals surface area contributed by atoms with Crippen molar-refractivity contribution >= 4 is 22.4 Å². The molecule has 6 heteroatoms. The zero-order chi connectivity index (χ0) is 20.8. The smallest absolute Gasteiger partial charge is 0.162 e. The lowest BCUT2D eigenvalue weighted by Gasteiger charge is -2.12. The third-order valence-corrected chi connectivity index (χ3v) is 4.76. The average Bonchev–Trinajstić information content (AvgIpc) is 2.80. The molecule has 0 bridgehead atoms. The van der Waals surface area contributed by atoms with E-state index in [-0.39, 0.29) is 0 Å². The van der Waals surface area contributed by atoms with Crippen LogP contribution in [0, 0.1) is 0 Å². The van der Waals surface area contributed by atoms with Crippen molar-refractivity contribution in [2.24, 2.45) is 0 Å². The molecule has 0 amide bonds. The van der Waals surface area contributed by atoms with Gasteiger partial charge in [-0.05, 0) is 35.9 Å². The van der Waals surface area contributed by atoms with Gasteiger partial charge in [0.25, 0.3) is 0 Å². The molecule has 0 saturated heterocycles. The molecule has 0 aliphatic heterocycles. The van der Waals surface area contributed by atoms with Crippen molar-refractivity contribution in [1.29, 1.82) is 0 Å². The molecule has 0 fully saturated rings. The number of anilines is 2. The second kappa shape index (κ2) is 9.13. The van der Waals surface area contributed by atoms with Gasteiger partial charge in [0.05, 0.1) is 26.3 Å². The summed E-state index contributed by atoms with van der Waals surface area (Å²) in [5.74, 6) is 2.78. The SMILES string of the molecule is COc1cc2ncnc(Nc3ccc(OCCc4ccccc4)cc3)c2cc1OC. The largest absolute Gasteiger partial charge is 0.493 e. The topological polar surface area (TPSA) is 65.5 Å². The van der Waals surface area contributed by atoms with Gasteiger partial charge in [0.1, 0.15) is 17.9 Å². The lowest BCUT2D eigenvalue weighted by molar-refractivity contribution is 0.322. The van der Waals surface area contributed by atoms with E-state index in [1.165, 1.54) is 11.9 Å². The Morgan fingerprint density at radius 3 is 2.30 bits per heavy atom. The molecule has 0 unspecified atom stereocenters. The number of hydrogen-bond donors (Lipinski definition) is 1. The minimum atomic E-state index is 0.630. The zero-order valence-electron chi connectivity index (χ0n) is 17.0. The fraction of sp³-hybridized carbons (Fsp3) is 0.167. The minimum absolute atomic E-state index is 0.630. The highest BCUT2D eigenvalue weighted by Crippen LogP contribution is 2.34. The molecule has 1 aromatic heterocycles. The normalized spacial score (nSPS) is 10.6. The lowest BCUT2D eigenvalue weighted by atomic mass is 10.2. The molecule has 4 aromatic rings. The van der Waals surface area contributed by atoms with Gasteiger partial charge in [0.2, 0.25) is 0 Å². The van der Waals surface area contributed by atoms with Gasteiger partial charge in [0.15, 0.2) is 11.5 Å². The summed E-state index contributed by atoms with van der Waals surface area (Å²) in [6.45, 7) is 0.634. The van der Waals surface area contributed by atoms with Gasteiger partial charge in [0, 0.05) is 23.6 Å². The predicted molar refractivity (Wildman–Crippen MR) is 118 cm³/mol. The number of aromatic nitrogens is 2. The molecule has 1 N–H and O–H groups in total. The van der Waals surface area contributed by atoms with Gasteiger partial charge in [-0.15, -0.1) is 0 Å². The molecule has 0 aliphatic rings. The fourth-order valence-electron chi connectivity index (χ4n) is 3.19. The first-order valence-corrected chi connectivity index (χ1v) is 9.67. The van der Waals surface area contributed by atoms with Gasteiger partial charge in [-0.25, -0.2) is 9.97 Å². The van der Waals surface area contributed by atoms with Gasteiger partial charge in [-0.3, -0.25) is 0 Å². The van der Waals surface area contributed by atoms with Crippen LogP contribution in [-0.2, 0) is 6.42 Å². The quantitative estimate of drug-likeness (QED) is 0.448. The summed E-state index contributed by atoms with van der Waals surface area (Å²) in [6.07, 6.45) is 2.40. The third kappa shape index (κ3) is 4.43. The highest BCUT2D eigenvalue weighted by Gasteiger charge is 2.11. The van der Waals surface area contributed by atoms with Crippen LogP contribution in [-0.4, -0.2) is 30.8 Å². The second-order valence-corrected chi connectivity index (χ2v) is 6.68. The summed E-state index contributed by atoms with van der Waals surface area (Å²) in [5.41, 5.74) is 2.93. The molecular formula is C24H23N3O3. The maximum Gasteiger partial charge on any atom is 0.162 e. The maximum atomic E-state index is 5.86. The Kier molecular flexibility index (Phi) is 5.94. The molecule has 3 aromatic carbocycles. The fourth-order valence-corrected chi connectivity index (χ4v) is 3.19. The summed E-state index contributed by atoms with van der Waals surface area (Å²) >= 11 is 0. The van der Waals surface area contributed by atoms with Crippen LogP contribution in [0.15, 0.2) is 73.1 Å². The van der Waals surface area contributed by atoms with Crippen molar-refractivity contribution in [1.82, 2.24) is 9.97 Å². The van der Waals surface area contributed by atoms with Gasteiger partial charge >= 0.3 is 0 Å². The maximum absolute atomic E-state index is 5.86. The molecule has 6 nitrogen and oxygen atoms in total. The monoisotopic (exact) mass is 401 g/mol. The number of rotatable bonds is 8. The van der Waals surface area contributed by atoms with Gasteiger partial charge < -0.3 is 19.5 Å². The van der Waals surface area contributed by atoms with Crippen molar-refractivity contribution in [2.45, 2.75) is 6.42 Å². The predicted octanol–water partition coefficient (Wildman–Crippen LogP) is 5.01. The summed E-state index contributed by atoms with van der Waals surface area (Å²) < 4.78 is 16.6. The van der Waals surface area contributed by atoms with E-state index < -0.39 is 0 Å². The number of methoxy groups -OCH3 is 2.